The first kappa shape index (κ1) is 16.0. The van der Waals surface area contributed by atoms with Crippen molar-refractivity contribution < 1.29 is 4.74 Å². The van der Waals surface area contributed by atoms with Gasteiger partial charge in [0.2, 0.25) is 0 Å². The number of benzene rings is 1. The van der Waals surface area contributed by atoms with Crippen LogP contribution in [0.25, 0.3) is 0 Å². The molecular formula is C16H28N2O. The van der Waals surface area contributed by atoms with Crippen LogP contribution in [-0.4, -0.2) is 26.2 Å². The number of likely N-dealkylation sites (N-methyl/N-ethyl adjacent to an activating group) is 1. The Balaban J connectivity index is 2.68. The van der Waals surface area contributed by atoms with Gasteiger partial charge in [-0.2, -0.15) is 0 Å². The topological polar surface area (TPSA) is 33.3 Å². The second kappa shape index (κ2) is 6.92. The summed E-state index contributed by atoms with van der Waals surface area (Å²) in [5.41, 5.74) is 2.63. The van der Waals surface area contributed by atoms with E-state index in [1.54, 1.807) is 7.11 Å². The van der Waals surface area contributed by atoms with E-state index in [1.165, 1.54) is 11.1 Å². The molecule has 0 spiro atoms. The Hall–Kier alpha value is -1.06. The van der Waals surface area contributed by atoms with Crippen LogP contribution < -0.4 is 15.4 Å². The van der Waals surface area contributed by atoms with Crippen LogP contribution in [0.4, 0.5) is 0 Å². The lowest BCUT2D eigenvalue weighted by atomic mass is 10.0. The molecular weight excluding hydrogens is 236 g/mol. The molecule has 19 heavy (non-hydrogen) atoms. The molecule has 0 amide bonds. The highest BCUT2D eigenvalue weighted by Crippen LogP contribution is 2.24. The minimum Gasteiger partial charge on any atom is -0.496 e. The molecule has 0 atom stereocenters. The highest BCUT2D eigenvalue weighted by atomic mass is 16.5. The second-order valence-corrected chi connectivity index (χ2v) is 5.96. The zero-order valence-corrected chi connectivity index (χ0v) is 13.1. The third-order valence-electron chi connectivity index (χ3n) is 3.54. The standard InChI is InChI=1S/C16H28N2O/c1-12(2)13-7-8-14(15(9-13)19-6)10-18-11-16(3,4)17-5/h7-9,12,17-18H,10-11H2,1-6H3. The first-order chi connectivity index (χ1) is 8.89. The van der Waals surface area contributed by atoms with E-state index in [4.69, 9.17) is 4.74 Å². The van der Waals surface area contributed by atoms with Gasteiger partial charge in [0, 0.05) is 24.2 Å². The van der Waals surface area contributed by atoms with Crippen molar-refractivity contribution in [2.45, 2.75) is 45.7 Å². The highest BCUT2D eigenvalue weighted by Gasteiger charge is 2.14. The quantitative estimate of drug-likeness (QED) is 0.794. The molecule has 0 aliphatic heterocycles. The summed E-state index contributed by atoms with van der Waals surface area (Å²) in [6.07, 6.45) is 0. The Bertz CT molecular complexity index is 400. The molecule has 1 aromatic carbocycles. The van der Waals surface area contributed by atoms with Gasteiger partial charge in [0.1, 0.15) is 5.75 Å². The molecule has 0 unspecified atom stereocenters. The van der Waals surface area contributed by atoms with Gasteiger partial charge in [0.05, 0.1) is 7.11 Å². The van der Waals surface area contributed by atoms with Crippen LogP contribution in [0.3, 0.4) is 0 Å². The van der Waals surface area contributed by atoms with Gasteiger partial charge in [-0.05, 0) is 38.4 Å². The van der Waals surface area contributed by atoms with Gasteiger partial charge in [-0.1, -0.05) is 26.0 Å². The lowest BCUT2D eigenvalue weighted by molar-refractivity contribution is 0.384. The molecule has 3 nitrogen and oxygen atoms in total. The van der Waals surface area contributed by atoms with E-state index in [1.807, 2.05) is 7.05 Å². The van der Waals surface area contributed by atoms with Gasteiger partial charge >= 0.3 is 0 Å². The van der Waals surface area contributed by atoms with E-state index < -0.39 is 0 Å². The Morgan fingerprint density at radius 3 is 2.47 bits per heavy atom. The fourth-order valence-electron chi connectivity index (χ4n) is 1.86. The molecule has 0 aliphatic carbocycles. The van der Waals surface area contributed by atoms with E-state index in [2.05, 4.69) is 56.5 Å². The van der Waals surface area contributed by atoms with Crippen LogP contribution in [0, 0.1) is 0 Å². The minimum absolute atomic E-state index is 0.102. The molecule has 1 rings (SSSR count). The number of nitrogens with one attached hydrogen (secondary N) is 2. The number of rotatable bonds is 7. The van der Waals surface area contributed by atoms with Crippen molar-refractivity contribution in [2.24, 2.45) is 0 Å². The molecule has 108 valence electrons. The summed E-state index contributed by atoms with van der Waals surface area (Å²) in [5.74, 6) is 1.50. The number of hydrogen-bond donors (Lipinski definition) is 2. The van der Waals surface area contributed by atoms with E-state index in [0.717, 1.165) is 18.8 Å². The fourth-order valence-corrected chi connectivity index (χ4v) is 1.86. The third-order valence-corrected chi connectivity index (χ3v) is 3.54. The highest BCUT2D eigenvalue weighted by molar-refractivity contribution is 5.38. The van der Waals surface area contributed by atoms with Crippen LogP contribution in [0.15, 0.2) is 18.2 Å². The predicted octanol–water partition coefficient (Wildman–Crippen LogP) is 2.91. The van der Waals surface area contributed by atoms with Gasteiger partial charge in [0.15, 0.2) is 0 Å². The van der Waals surface area contributed by atoms with Crippen LogP contribution in [-0.2, 0) is 6.54 Å². The SMILES string of the molecule is CNC(C)(C)CNCc1ccc(C(C)C)cc1OC. The smallest absolute Gasteiger partial charge is 0.123 e. The molecule has 0 heterocycles. The predicted molar refractivity (Wildman–Crippen MR) is 81.9 cm³/mol. The van der Waals surface area contributed by atoms with E-state index in [0.29, 0.717) is 5.92 Å². The van der Waals surface area contributed by atoms with Crippen molar-refractivity contribution in [3.63, 3.8) is 0 Å². The van der Waals surface area contributed by atoms with Gasteiger partial charge in [0.25, 0.3) is 0 Å². The molecule has 0 aliphatic rings. The Kier molecular flexibility index (Phi) is 5.83. The summed E-state index contributed by atoms with van der Waals surface area (Å²) in [6.45, 7) is 10.5. The van der Waals surface area contributed by atoms with Gasteiger partial charge in [-0.25, -0.2) is 0 Å². The van der Waals surface area contributed by atoms with Gasteiger partial charge in [-0.3, -0.25) is 0 Å². The fraction of sp³-hybridized carbons (Fsp3) is 0.625. The van der Waals surface area contributed by atoms with Crippen molar-refractivity contribution in [2.75, 3.05) is 20.7 Å². The monoisotopic (exact) mass is 264 g/mol. The maximum atomic E-state index is 5.49. The molecule has 0 radical (unpaired) electrons. The first-order valence-corrected chi connectivity index (χ1v) is 6.96. The lowest BCUT2D eigenvalue weighted by Gasteiger charge is -2.24. The molecule has 3 heteroatoms. The summed E-state index contributed by atoms with van der Waals surface area (Å²) in [4.78, 5) is 0. The largest absolute Gasteiger partial charge is 0.496 e. The normalized spacial score (nSPS) is 11.9. The first-order valence-electron chi connectivity index (χ1n) is 6.96. The van der Waals surface area contributed by atoms with Gasteiger partial charge < -0.3 is 15.4 Å². The number of methoxy groups -OCH3 is 1. The summed E-state index contributed by atoms with van der Waals surface area (Å²) < 4.78 is 5.49. The Morgan fingerprint density at radius 1 is 1.26 bits per heavy atom. The number of hydrogen-bond acceptors (Lipinski definition) is 3. The van der Waals surface area contributed by atoms with Crippen molar-refractivity contribution >= 4 is 0 Å². The Labute approximate surface area is 117 Å². The van der Waals surface area contributed by atoms with Crippen molar-refractivity contribution in [1.82, 2.24) is 10.6 Å². The van der Waals surface area contributed by atoms with E-state index in [9.17, 15) is 0 Å². The van der Waals surface area contributed by atoms with Crippen LogP contribution in [0.5, 0.6) is 5.75 Å². The van der Waals surface area contributed by atoms with Crippen LogP contribution >= 0.6 is 0 Å². The maximum Gasteiger partial charge on any atom is 0.123 e. The van der Waals surface area contributed by atoms with E-state index in [-0.39, 0.29) is 5.54 Å². The molecule has 0 bridgehead atoms. The average Bonchev–Trinajstić information content (AvgIpc) is 2.38. The van der Waals surface area contributed by atoms with Crippen LogP contribution in [0.1, 0.15) is 44.7 Å². The van der Waals surface area contributed by atoms with Gasteiger partial charge in [-0.15, -0.1) is 0 Å². The van der Waals surface area contributed by atoms with E-state index >= 15 is 0 Å². The summed E-state index contributed by atoms with van der Waals surface area (Å²) in [6, 6.07) is 6.49. The van der Waals surface area contributed by atoms with Crippen molar-refractivity contribution in [1.29, 1.82) is 0 Å². The zero-order chi connectivity index (χ0) is 14.5. The molecule has 0 aromatic heterocycles. The molecule has 0 saturated heterocycles. The third kappa shape index (κ3) is 4.84. The van der Waals surface area contributed by atoms with Crippen molar-refractivity contribution in [3.05, 3.63) is 29.3 Å². The summed E-state index contributed by atoms with van der Waals surface area (Å²) >= 11 is 0. The molecule has 1 aromatic rings. The molecule has 0 saturated carbocycles. The lowest BCUT2D eigenvalue weighted by Crippen LogP contribution is -2.45. The maximum absolute atomic E-state index is 5.49. The van der Waals surface area contributed by atoms with Crippen LogP contribution in [0.2, 0.25) is 0 Å². The Morgan fingerprint density at radius 2 is 1.95 bits per heavy atom. The zero-order valence-electron chi connectivity index (χ0n) is 13.1. The summed E-state index contributed by atoms with van der Waals surface area (Å²) in [7, 11) is 3.72. The van der Waals surface area contributed by atoms with Crippen molar-refractivity contribution in [3.8, 4) is 5.75 Å². The average molecular weight is 264 g/mol. The summed E-state index contributed by atoms with van der Waals surface area (Å²) in [5, 5.41) is 6.76. The number of ether oxygens (including phenoxy) is 1. The molecule has 0 fully saturated rings. The molecule has 2 N–H and O–H groups in total. The second-order valence-electron chi connectivity index (χ2n) is 5.96. The minimum atomic E-state index is 0.102.